The van der Waals surface area contributed by atoms with Crippen LogP contribution in [0.3, 0.4) is 0 Å². The van der Waals surface area contributed by atoms with Gasteiger partial charge in [-0.15, -0.1) is 0 Å². The normalized spacial score (nSPS) is 25.3. The molecule has 1 saturated heterocycles. The van der Waals surface area contributed by atoms with Crippen molar-refractivity contribution in [2.75, 3.05) is 23.3 Å². The summed E-state index contributed by atoms with van der Waals surface area (Å²) < 4.78 is 0. The number of amides is 1. The smallest absolute Gasteiger partial charge is 0.225 e. The minimum atomic E-state index is -0.159. The highest BCUT2D eigenvalue weighted by Gasteiger charge is 2.48. The maximum absolute atomic E-state index is 13.1. The van der Waals surface area contributed by atoms with Crippen molar-refractivity contribution >= 4 is 62.4 Å². The Hall–Kier alpha value is -2.36. The Morgan fingerprint density at radius 2 is 1.97 bits per heavy atom. The van der Waals surface area contributed by atoms with Crippen LogP contribution in [0.25, 0.3) is 21.9 Å². The largest absolute Gasteiger partial charge is 0.378 e. The Labute approximate surface area is 217 Å². The Balaban J connectivity index is 1.34. The Morgan fingerprint density at radius 3 is 2.74 bits per heavy atom. The maximum atomic E-state index is 13.1. The van der Waals surface area contributed by atoms with E-state index >= 15 is 0 Å². The van der Waals surface area contributed by atoms with Gasteiger partial charge < -0.3 is 20.5 Å². The standard InChI is InChI=1S/C24H27Cl2N7OS/c1-11(2)28-23(34)15-12-5-6-13(9-12)16(15)29-17-14(25)10-27-21-18(17)30-22(32-21)19-20(26)31-24(35-19)33-7-3-4-8-33/h5-6,10-13,15-16H,3-4,7-9H2,1-2H3,(H,28,34)(H2,27,29,30,32)/t12-,13+,15+,16-/m1/s1. The number of rotatable bonds is 6. The lowest BCUT2D eigenvalue weighted by atomic mass is 9.87. The molecular weight excluding hydrogens is 505 g/mol. The fourth-order valence-corrected chi connectivity index (χ4v) is 7.07. The number of halogens is 2. The highest BCUT2D eigenvalue weighted by Crippen LogP contribution is 2.46. The number of pyridine rings is 1. The predicted molar refractivity (Wildman–Crippen MR) is 141 cm³/mol. The molecular formula is C24H27Cl2N7OS. The van der Waals surface area contributed by atoms with Crippen LogP contribution in [-0.4, -0.2) is 51.0 Å². The van der Waals surface area contributed by atoms with Crippen LogP contribution in [0, 0.1) is 17.8 Å². The minimum absolute atomic E-state index is 0.0626. The lowest BCUT2D eigenvalue weighted by Gasteiger charge is -2.30. The Bertz CT molecular complexity index is 1310. The molecule has 4 heterocycles. The molecule has 3 N–H and O–H groups in total. The van der Waals surface area contributed by atoms with Crippen molar-refractivity contribution in [3.63, 3.8) is 0 Å². The van der Waals surface area contributed by atoms with E-state index in [1.54, 1.807) is 6.20 Å². The number of H-pyrrole nitrogens is 1. The number of imidazole rings is 1. The van der Waals surface area contributed by atoms with Gasteiger partial charge in [0.25, 0.3) is 0 Å². The lowest BCUT2D eigenvalue weighted by molar-refractivity contribution is -0.126. The van der Waals surface area contributed by atoms with Gasteiger partial charge in [0.2, 0.25) is 5.91 Å². The molecule has 4 atom stereocenters. The first-order valence-corrected chi connectivity index (χ1v) is 13.7. The van der Waals surface area contributed by atoms with Gasteiger partial charge in [-0.2, -0.15) is 0 Å². The number of fused-ring (bicyclic) bond motifs is 3. The maximum Gasteiger partial charge on any atom is 0.225 e. The van der Waals surface area contributed by atoms with Gasteiger partial charge in [0, 0.05) is 25.2 Å². The average Bonchev–Trinajstić information content (AvgIpc) is 3.62. The quantitative estimate of drug-likeness (QED) is 0.382. The molecule has 11 heteroatoms. The highest BCUT2D eigenvalue weighted by atomic mass is 35.5. The molecule has 1 aliphatic heterocycles. The molecule has 2 aliphatic carbocycles. The third-order valence-electron chi connectivity index (χ3n) is 7.14. The van der Waals surface area contributed by atoms with Crippen LogP contribution in [0.4, 0.5) is 10.8 Å². The van der Waals surface area contributed by atoms with E-state index in [2.05, 4.69) is 42.6 Å². The second-order valence-electron chi connectivity index (χ2n) is 9.88. The van der Waals surface area contributed by atoms with Gasteiger partial charge in [-0.3, -0.25) is 4.79 Å². The van der Waals surface area contributed by atoms with E-state index in [-0.39, 0.29) is 35.7 Å². The number of thiazole rings is 1. The van der Waals surface area contributed by atoms with E-state index in [9.17, 15) is 4.79 Å². The van der Waals surface area contributed by atoms with Crippen molar-refractivity contribution in [2.45, 2.75) is 45.2 Å². The summed E-state index contributed by atoms with van der Waals surface area (Å²) in [5.41, 5.74) is 1.96. The Morgan fingerprint density at radius 1 is 1.20 bits per heavy atom. The molecule has 0 radical (unpaired) electrons. The number of hydrogen-bond acceptors (Lipinski definition) is 7. The first-order chi connectivity index (χ1) is 16.9. The second kappa shape index (κ2) is 8.94. The van der Waals surface area contributed by atoms with Crippen LogP contribution in [0.1, 0.15) is 33.1 Å². The number of anilines is 2. The first kappa shape index (κ1) is 23.1. The summed E-state index contributed by atoms with van der Waals surface area (Å²) in [6.07, 6.45) is 9.29. The summed E-state index contributed by atoms with van der Waals surface area (Å²) >= 11 is 14.7. The van der Waals surface area contributed by atoms with Crippen molar-refractivity contribution in [3.8, 4) is 10.7 Å². The number of aromatic amines is 1. The lowest BCUT2D eigenvalue weighted by Crippen LogP contribution is -2.45. The van der Waals surface area contributed by atoms with E-state index < -0.39 is 0 Å². The number of carbonyl (C=O) groups is 1. The summed E-state index contributed by atoms with van der Waals surface area (Å²) in [6, 6.07) is 0.0274. The van der Waals surface area contributed by atoms with E-state index in [0.717, 1.165) is 29.5 Å². The van der Waals surface area contributed by atoms with Gasteiger partial charge >= 0.3 is 0 Å². The van der Waals surface area contributed by atoms with E-state index in [4.69, 9.17) is 28.2 Å². The van der Waals surface area contributed by atoms with Crippen molar-refractivity contribution in [2.24, 2.45) is 17.8 Å². The predicted octanol–water partition coefficient (Wildman–Crippen LogP) is 5.12. The van der Waals surface area contributed by atoms with E-state index in [1.807, 2.05) is 13.8 Å². The van der Waals surface area contributed by atoms with Crippen LogP contribution in [-0.2, 0) is 4.79 Å². The summed E-state index contributed by atoms with van der Waals surface area (Å²) in [4.78, 5) is 33.2. The zero-order valence-corrected chi connectivity index (χ0v) is 21.8. The van der Waals surface area contributed by atoms with Gasteiger partial charge in [-0.05, 0) is 44.9 Å². The minimum Gasteiger partial charge on any atom is -0.378 e. The SMILES string of the molecule is CC(C)NC(=O)[C@@H]1[C@H](Nc2c(Cl)cnc3nc(-c4sc(N5CCCC5)nc4Cl)[nH]c23)[C@H]2C=C[C@@H]1C2. The molecule has 3 aromatic rings. The molecule has 1 saturated carbocycles. The number of hydrogen-bond donors (Lipinski definition) is 3. The molecule has 0 spiro atoms. The molecule has 6 rings (SSSR count). The summed E-state index contributed by atoms with van der Waals surface area (Å²) in [5.74, 6) is 1.03. The third kappa shape index (κ3) is 4.07. The molecule has 8 nitrogen and oxygen atoms in total. The first-order valence-electron chi connectivity index (χ1n) is 12.1. The van der Waals surface area contributed by atoms with E-state index in [0.29, 0.717) is 32.9 Å². The molecule has 0 aromatic carbocycles. The number of aromatic nitrogens is 4. The number of carbonyl (C=O) groups excluding carboxylic acids is 1. The number of nitrogens with zero attached hydrogens (tertiary/aromatic N) is 4. The molecule has 1 amide bonds. The van der Waals surface area contributed by atoms with Crippen LogP contribution < -0.4 is 15.5 Å². The average molecular weight is 533 g/mol. The molecule has 35 heavy (non-hydrogen) atoms. The van der Waals surface area contributed by atoms with Gasteiger partial charge in [0.1, 0.15) is 10.4 Å². The van der Waals surface area contributed by atoms with Crippen LogP contribution in [0.2, 0.25) is 10.2 Å². The zero-order valence-electron chi connectivity index (χ0n) is 19.5. The Kier molecular flexibility index (Phi) is 5.89. The monoisotopic (exact) mass is 531 g/mol. The van der Waals surface area contributed by atoms with Gasteiger partial charge in [-0.1, -0.05) is 46.7 Å². The molecule has 184 valence electrons. The summed E-state index contributed by atoms with van der Waals surface area (Å²) in [6.45, 7) is 5.97. The van der Waals surface area contributed by atoms with Crippen LogP contribution >= 0.6 is 34.5 Å². The van der Waals surface area contributed by atoms with Crippen molar-refractivity contribution in [1.82, 2.24) is 25.3 Å². The number of allylic oxidation sites excluding steroid dienone is 1. The highest BCUT2D eigenvalue weighted by molar-refractivity contribution is 7.19. The molecule has 0 unspecified atom stereocenters. The zero-order chi connectivity index (χ0) is 24.3. The van der Waals surface area contributed by atoms with Crippen molar-refractivity contribution in [3.05, 3.63) is 28.5 Å². The molecule has 3 aromatic heterocycles. The number of nitrogens with one attached hydrogen (secondary N) is 3. The van der Waals surface area contributed by atoms with Gasteiger partial charge in [0.05, 0.1) is 22.8 Å². The fraction of sp³-hybridized carbons (Fsp3) is 0.500. The van der Waals surface area contributed by atoms with Crippen molar-refractivity contribution in [1.29, 1.82) is 0 Å². The second-order valence-corrected chi connectivity index (χ2v) is 11.6. The molecule has 2 fully saturated rings. The van der Waals surface area contributed by atoms with Gasteiger partial charge in [0.15, 0.2) is 21.8 Å². The summed E-state index contributed by atoms with van der Waals surface area (Å²) in [7, 11) is 0. The van der Waals surface area contributed by atoms with Crippen molar-refractivity contribution < 1.29 is 4.79 Å². The molecule has 3 aliphatic rings. The molecule has 2 bridgehead atoms. The van der Waals surface area contributed by atoms with E-state index in [1.165, 1.54) is 24.2 Å². The topological polar surface area (TPSA) is 98.8 Å². The summed E-state index contributed by atoms with van der Waals surface area (Å²) in [5, 5.41) is 8.53. The van der Waals surface area contributed by atoms with Crippen LogP contribution in [0.15, 0.2) is 18.3 Å². The van der Waals surface area contributed by atoms with Crippen LogP contribution in [0.5, 0.6) is 0 Å². The van der Waals surface area contributed by atoms with Gasteiger partial charge in [-0.25, -0.2) is 15.0 Å². The fourth-order valence-electron chi connectivity index (χ4n) is 5.59. The third-order valence-corrected chi connectivity index (χ3v) is 8.94.